The average molecular weight is 260 g/mol. The maximum atomic E-state index is 11.1. The molecule has 1 aliphatic rings. The summed E-state index contributed by atoms with van der Waals surface area (Å²) in [4.78, 5) is 22.0. The highest BCUT2D eigenvalue weighted by Gasteiger charge is 2.22. The number of hydrogen-bond acceptors (Lipinski definition) is 4. The second kappa shape index (κ2) is 4.34. The zero-order valence-electron chi connectivity index (χ0n) is 10.0. The van der Waals surface area contributed by atoms with Crippen LogP contribution in [0.3, 0.4) is 0 Å². The van der Waals surface area contributed by atoms with Crippen molar-refractivity contribution in [2.75, 3.05) is 0 Å². The standard InChI is InChI=1S/C12H12N4O3/c17-11-4-2-8(13-11)6-16-10-3-1-7(12(18)19)5-9(10)14-15-16/h1,3,5,8H,2,4,6H2,(H,13,17)(H,18,19). The summed E-state index contributed by atoms with van der Waals surface area (Å²) in [7, 11) is 0. The number of hydrogen-bond donors (Lipinski definition) is 2. The van der Waals surface area contributed by atoms with Crippen LogP contribution in [0, 0.1) is 0 Å². The number of carbonyl (C=O) groups is 2. The van der Waals surface area contributed by atoms with Crippen molar-refractivity contribution in [3.05, 3.63) is 23.8 Å². The molecule has 0 bridgehead atoms. The number of nitrogens with one attached hydrogen (secondary N) is 1. The number of aromatic carboxylic acids is 1. The first-order valence-corrected chi connectivity index (χ1v) is 5.99. The topological polar surface area (TPSA) is 97.1 Å². The Kier molecular flexibility index (Phi) is 2.66. The molecule has 2 heterocycles. The minimum Gasteiger partial charge on any atom is -0.478 e. The molecule has 1 amide bonds. The SMILES string of the molecule is O=C1CCC(Cn2nnc3cc(C(=O)O)ccc32)N1. The van der Waals surface area contributed by atoms with E-state index in [4.69, 9.17) is 5.11 Å². The van der Waals surface area contributed by atoms with Gasteiger partial charge in [0.2, 0.25) is 5.91 Å². The minimum atomic E-state index is -0.987. The largest absolute Gasteiger partial charge is 0.478 e. The predicted molar refractivity (Wildman–Crippen MR) is 65.7 cm³/mol. The van der Waals surface area contributed by atoms with Gasteiger partial charge in [-0.3, -0.25) is 4.79 Å². The molecule has 2 aromatic rings. The summed E-state index contributed by atoms with van der Waals surface area (Å²) in [5, 5.41) is 19.7. The molecular formula is C12H12N4O3. The Bertz CT molecular complexity index is 664. The molecule has 3 rings (SSSR count). The van der Waals surface area contributed by atoms with Gasteiger partial charge in [-0.25, -0.2) is 9.48 Å². The lowest BCUT2D eigenvalue weighted by molar-refractivity contribution is -0.119. The summed E-state index contributed by atoms with van der Waals surface area (Å²) in [5.74, 6) is -0.929. The van der Waals surface area contributed by atoms with Gasteiger partial charge in [-0.15, -0.1) is 5.10 Å². The molecule has 7 nitrogen and oxygen atoms in total. The minimum absolute atomic E-state index is 0.0579. The third kappa shape index (κ3) is 2.14. The number of amides is 1. The summed E-state index contributed by atoms with van der Waals surface area (Å²) >= 11 is 0. The van der Waals surface area contributed by atoms with E-state index in [0.29, 0.717) is 18.5 Å². The second-order valence-electron chi connectivity index (χ2n) is 4.58. The van der Waals surface area contributed by atoms with Crippen molar-refractivity contribution in [2.24, 2.45) is 0 Å². The van der Waals surface area contributed by atoms with Gasteiger partial charge >= 0.3 is 5.97 Å². The highest BCUT2D eigenvalue weighted by atomic mass is 16.4. The van der Waals surface area contributed by atoms with Crippen LogP contribution in [0.15, 0.2) is 18.2 Å². The molecule has 1 aromatic heterocycles. The molecule has 1 unspecified atom stereocenters. The maximum Gasteiger partial charge on any atom is 0.335 e. The van der Waals surface area contributed by atoms with Gasteiger partial charge < -0.3 is 10.4 Å². The Hall–Kier alpha value is -2.44. The van der Waals surface area contributed by atoms with Crippen molar-refractivity contribution in [3.8, 4) is 0 Å². The summed E-state index contributed by atoms with van der Waals surface area (Å²) in [6.45, 7) is 0.550. The summed E-state index contributed by atoms with van der Waals surface area (Å²) in [6.07, 6.45) is 1.33. The van der Waals surface area contributed by atoms with Crippen LogP contribution in [-0.4, -0.2) is 38.0 Å². The van der Waals surface area contributed by atoms with Gasteiger partial charge in [0.25, 0.3) is 0 Å². The molecule has 1 atom stereocenters. The first-order valence-electron chi connectivity index (χ1n) is 5.99. The molecule has 1 aromatic carbocycles. The fourth-order valence-electron chi connectivity index (χ4n) is 2.26. The van der Waals surface area contributed by atoms with Crippen LogP contribution in [0.5, 0.6) is 0 Å². The molecular weight excluding hydrogens is 248 g/mol. The zero-order chi connectivity index (χ0) is 13.4. The van der Waals surface area contributed by atoms with Crippen molar-refractivity contribution in [3.63, 3.8) is 0 Å². The number of fused-ring (bicyclic) bond motifs is 1. The number of carboxylic acids is 1. The third-order valence-electron chi connectivity index (χ3n) is 3.24. The maximum absolute atomic E-state index is 11.1. The number of aromatic nitrogens is 3. The summed E-state index contributed by atoms with van der Waals surface area (Å²) < 4.78 is 1.69. The molecule has 98 valence electrons. The predicted octanol–water partition coefficient (Wildman–Crippen LogP) is 0.408. The van der Waals surface area contributed by atoms with Crippen LogP contribution in [-0.2, 0) is 11.3 Å². The lowest BCUT2D eigenvalue weighted by Gasteiger charge is -2.09. The average Bonchev–Trinajstić information content (AvgIpc) is 2.96. The van der Waals surface area contributed by atoms with E-state index in [-0.39, 0.29) is 17.5 Å². The summed E-state index contributed by atoms with van der Waals surface area (Å²) in [6, 6.07) is 4.78. The molecule has 0 radical (unpaired) electrons. The van der Waals surface area contributed by atoms with Gasteiger partial charge in [0.1, 0.15) is 5.52 Å². The normalized spacial score (nSPS) is 18.7. The highest BCUT2D eigenvalue weighted by molar-refractivity contribution is 5.92. The zero-order valence-corrected chi connectivity index (χ0v) is 10.0. The van der Waals surface area contributed by atoms with Gasteiger partial charge in [0.15, 0.2) is 0 Å². The van der Waals surface area contributed by atoms with Crippen LogP contribution < -0.4 is 5.32 Å². The monoisotopic (exact) mass is 260 g/mol. The van der Waals surface area contributed by atoms with Crippen LogP contribution >= 0.6 is 0 Å². The van der Waals surface area contributed by atoms with Gasteiger partial charge in [0, 0.05) is 12.5 Å². The van der Waals surface area contributed by atoms with E-state index in [1.165, 1.54) is 12.1 Å². The Morgan fingerprint density at radius 2 is 2.37 bits per heavy atom. The Balaban J connectivity index is 1.88. The fraction of sp³-hybridized carbons (Fsp3) is 0.333. The van der Waals surface area contributed by atoms with E-state index in [1.807, 2.05) is 0 Å². The van der Waals surface area contributed by atoms with Crippen LogP contribution in [0.1, 0.15) is 23.2 Å². The van der Waals surface area contributed by atoms with Crippen LogP contribution in [0.25, 0.3) is 11.0 Å². The molecule has 7 heteroatoms. The van der Waals surface area contributed by atoms with E-state index < -0.39 is 5.97 Å². The van der Waals surface area contributed by atoms with Gasteiger partial charge in [-0.2, -0.15) is 0 Å². The Labute approximate surface area is 108 Å². The number of nitrogens with zero attached hydrogens (tertiary/aromatic N) is 3. The van der Waals surface area contributed by atoms with Gasteiger partial charge in [-0.05, 0) is 24.6 Å². The van der Waals surface area contributed by atoms with E-state index in [9.17, 15) is 9.59 Å². The van der Waals surface area contributed by atoms with E-state index in [1.54, 1.807) is 10.7 Å². The quantitative estimate of drug-likeness (QED) is 0.833. The van der Waals surface area contributed by atoms with Gasteiger partial charge in [0.05, 0.1) is 17.6 Å². The van der Waals surface area contributed by atoms with Crippen LogP contribution in [0.4, 0.5) is 0 Å². The second-order valence-corrected chi connectivity index (χ2v) is 4.58. The van der Waals surface area contributed by atoms with Crippen LogP contribution in [0.2, 0.25) is 0 Å². The third-order valence-corrected chi connectivity index (χ3v) is 3.24. The lowest BCUT2D eigenvalue weighted by atomic mass is 10.2. The van der Waals surface area contributed by atoms with Crippen molar-refractivity contribution >= 4 is 22.9 Å². The highest BCUT2D eigenvalue weighted by Crippen LogP contribution is 2.16. The first kappa shape index (κ1) is 11.6. The molecule has 0 spiro atoms. The van der Waals surface area contributed by atoms with Gasteiger partial charge in [-0.1, -0.05) is 5.21 Å². The van der Waals surface area contributed by atoms with E-state index >= 15 is 0 Å². The number of carboxylic acid groups (broad SMARTS) is 1. The Morgan fingerprint density at radius 3 is 3.05 bits per heavy atom. The molecule has 1 fully saturated rings. The molecule has 0 saturated carbocycles. The van der Waals surface area contributed by atoms with E-state index in [2.05, 4.69) is 15.6 Å². The molecule has 1 saturated heterocycles. The first-order chi connectivity index (χ1) is 9.13. The smallest absolute Gasteiger partial charge is 0.335 e. The van der Waals surface area contributed by atoms with Crippen molar-refractivity contribution < 1.29 is 14.7 Å². The van der Waals surface area contributed by atoms with E-state index in [0.717, 1.165) is 11.9 Å². The number of carbonyl (C=O) groups excluding carboxylic acids is 1. The summed E-state index contributed by atoms with van der Waals surface area (Å²) in [5.41, 5.74) is 1.50. The number of benzene rings is 1. The fourth-order valence-corrected chi connectivity index (χ4v) is 2.26. The Morgan fingerprint density at radius 1 is 1.53 bits per heavy atom. The van der Waals surface area contributed by atoms with Crippen molar-refractivity contribution in [2.45, 2.75) is 25.4 Å². The molecule has 2 N–H and O–H groups in total. The molecule has 19 heavy (non-hydrogen) atoms. The molecule has 0 aliphatic carbocycles. The van der Waals surface area contributed by atoms with Crippen molar-refractivity contribution in [1.82, 2.24) is 20.3 Å². The molecule has 1 aliphatic heterocycles. The van der Waals surface area contributed by atoms with Crippen molar-refractivity contribution in [1.29, 1.82) is 0 Å². The number of rotatable bonds is 3. The lowest BCUT2D eigenvalue weighted by Crippen LogP contribution is -2.29.